The molecule has 552 valence electrons. The number of nitrogens with two attached hydrogens (primary N) is 3. The highest BCUT2D eigenvalue weighted by molar-refractivity contribution is 6.09. The molecule has 1 aliphatic carbocycles. The van der Waals surface area contributed by atoms with Crippen LogP contribution in [0.15, 0.2) is 128 Å². The molecule has 0 radical (unpaired) electrons. The van der Waals surface area contributed by atoms with Crippen molar-refractivity contribution in [1.82, 2.24) is 10.3 Å². The van der Waals surface area contributed by atoms with Crippen molar-refractivity contribution in [1.29, 1.82) is 16.2 Å². The third-order valence-corrected chi connectivity index (χ3v) is 15.6. The summed E-state index contributed by atoms with van der Waals surface area (Å²) in [7, 11) is 1.46. The monoisotopic (exact) mass is 1420 g/mol. The van der Waals surface area contributed by atoms with Crippen LogP contribution in [0.3, 0.4) is 0 Å². The first-order chi connectivity index (χ1) is 49.3. The van der Waals surface area contributed by atoms with E-state index in [1.54, 1.807) is 105 Å². The zero-order valence-corrected chi connectivity index (χ0v) is 60.1. The van der Waals surface area contributed by atoms with Crippen LogP contribution in [0, 0.1) is 38.2 Å². The number of anilines is 2. The second kappa shape index (κ2) is 45.6. The predicted octanol–water partition coefficient (Wildman–Crippen LogP) is 14.9. The van der Waals surface area contributed by atoms with E-state index in [2.05, 4.69) is 37.7 Å². The lowest BCUT2D eigenvalue weighted by atomic mass is 9.90. The molecule has 25 nitrogen and oxygen atoms in total. The standard InChI is InChI=1S/C43H51N3O9.C15H22N2O2.C13H17NO5.C7H9N3/c1-7-9-10-11-20-53-39(48)24-35(44)31-16-14-28(15-17-31)21-37(47)34-22-30(8-2)38(52-6)23-33(34)32-18-19-36(41(49)45-25-29-12-13-29)46-40(32)43(51)55-27(5)54-42(50)26(3)4;1-2-3-4-5-10-19-15(18)11-14(17)12-6-8-13(16)9-7-12;1-2-3-4-5-10-18-13(15)19-12-8-6-11(7-9-12)14(16)17;8-6-3-1-5(2-4-6)7(9)10/h8,14-19,22-23,26-27,29,44H,2,7,9-13,20-21,24-25H2,1,3-6H3,(H,45,49);6-9,17H,2-5,10-11,16H2,1H3;6-9H,2-5,10H2,1H3;1-4H,8H2,(H3,9,10). The zero-order chi connectivity index (χ0) is 75.8. The van der Waals surface area contributed by atoms with Gasteiger partial charge in [0, 0.05) is 77.1 Å². The van der Waals surface area contributed by atoms with E-state index < -0.39 is 47.1 Å². The third kappa shape index (κ3) is 31.5. The number of nitro groups is 1. The summed E-state index contributed by atoms with van der Waals surface area (Å²) in [5, 5.41) is 36.6. The van der Waals surface area contributed by atoms with Crippen LogP contribution in [-0.4, -0.2) is 109 Å². The maximum atomic E-state index is 14.1. The van der Waals surface area contributed by atoms with Crippen LogP contribution in [0.1, 0.15) is 203 Å². The molecule has 1 saturated carbocycles. The number of pyridine rings is 1. The van der Waals surface area contributed by atoms with E-state index in [4.69, 9.17) is 66.6 Å². The summed E-state index contributed by atoms with van der Waals surface area (Å²) in [6, 6.07) is 32.1. The Morgan fingerprint density at radius 3 is 1.62 bits per heavy atom. The number of methoxy groups -OCH3 is 1. The van der Waals surface area contributed by atoms with Gasteiger partial charge in [-0.25, -0.2) is 14.6 Å². The van der Waals surface area contributed by atoms with Crippen LogP contribution >= 0.6 is 0 Å². The number of nitrogens with zero attached hydrogens (tertiary/aromatic N) is 2. The van der Waals surface area contributed by atoms with E-state index in [1.807, 2.05) is 0 Å². The number of amides is 1. The van der Waals surface area contributed by atoms with Crippen LogP contribution in [0.4, 0.5) is 21.9 Å². The van der Waals surface area contributed by atoms with E-state index in [9.17, 15) is 43.7 Å². The first-order valence-corrected chi connectivity index (χ1v) is 34.6. The van der Waals surface area contributed by atoms with E-state index >= 15 is 0 Å². The summed E-state index contributed by atoms with van der Waals surface area (Å²) in [5.74, 6) is -2.52. The molecule has 1 aliphatic rings. The van der Waals surface area contributed by atoms with Crippen molar-refractivity contribution in [2.45, 2.75) is 157 Å². The second-order valence-electron chi connectivity index (χ2n) is 24.5. The van der Waals surface area contributed by atoms with Gasteiger partial charge >= 0.3 is 30.0 Å². The molecule has 103 heavy (non-hydrogen) atoms. The molecule has 0 aliphatic heterocycles. The van der Waals surface area contributed by atoms with Crippen LogP contribution in [-0.2, 0) is 44.5 Å². The zero-order valence-electron chi connectivity index (χ0n) is 60.1. The minimum Gasteiger partial charge on any atom is -0.496 e. The van der Waals surface area contributed by atoms with Crippen LogP contribution < -0.4 is 32.0 Å². The Bertz CT molecular complexity index is 3800. The molecular formula is C78H99N9O16. The van der Waals surface area contributed by atoms with Gasteiger partial charge in [0.05, 0.1) is 50.6 Å². The number of nitro benzene ring substituents is 1. The van der Waals surface area contributed by atoms with Gasteiger partial charge in [0.25, 0.3) is 11.6 Å². The topological polar surface area (TPSA) is 402 Å². The van der Waals surface area contributed by atoms with E-state index in [-0.39, 0.29) is 87.8 Å². The van der Waals surface area contributed by atoms with Gasteiger partial charge in [0.2, 0.25) is 6.29 Å². The third-order valence-electron chi connectivity index (χ3n) is 15.6. The van der Waals surface area contributed by atoms with Gasteiger partial charge in [-0.3, -0.25) is 39.5 Å². The summed E-state index contributed by atoms with van der Waals surface area (Å²) in [6.45, 7) is 16.5. The van der Waals surface area contributed by atoms with Gasteiger partial charge in [-0.15, -0.1) is 0 Å². The number of carbonyl (C=O) groups excluding carboxylic acids is 7. The smallest absolute Gasteiger partial charge is 0.496 e. The second-order valence-corrected chi connectivity index (χ2v) is 24.5. The molecule has 10 N–H and O–H groups in total. The van der Waals surface area contributed by atoms with Crippen molar-refractivity contribution in [2.24, 2.45) is 17.6 Å². The number of carbonyl (C=O) groups is 7. The number of nitrogens with one attached hydrogen (secondary N) is 4. The molecule has 0 saturated heterocycles. The number of Topliss-reactive ketones (excluding diaryl/α,β-unsaturated/α-hetero) is 1. The van der Waals surface area contributed by atoms with Gasteiger partial charge in [-0.1, -0.05) is 141 Å². The molecule has 25 heteroatoms. The lowest BCUT2D eigenvalue weighted by Gasteiger charge is -2.19. The largest absolute Gasteiger partial charge is 0.513 e. The number of hydrogen-bond acceptors (Lipinski definition) is 22. The average Bonchev–Trinajstić information content (AvgIpc) is 1.40. The van der Waals surface area contributed by atoms with Crippen LogP contribution in [0.25, 0.3) is 17.2 Å². The molecule has 7 rings (SSSR count). The highest BCUT2D eigenvalue weighted by Crippen LogP contribution is 2.36. The molecule has 0 bridgehead atoms. The Balaban J connectivity index is 0.000000375. The molecule has 1 amide bonds. The van der Waals surface area contributed by atoms with Crippen molar-refractivity contribution >= 4 is 82.1 Å². The summed E-state index contributed by atoms with van der Waals surface area (Å²) >= 11 is 0. The Kier molecular flexibility index (Phi) is 37.3. The number of esters is 4. The maximum Gasteiger partial charge on any atom is 0.513 e. The minimum atomic E-state index is -1.27. The van der Waals surface area contributed by atoms with Gasteiger partial charge in [0.15, 0.2) is 11.5 Å². The summed E-state index contributed by atoms with van der Waals surface area (Å²) in [5.41, 5.74) is 21.3. The molecule has 5 aromatic carbocycles. The average molecular weight is 1420 g/mol. The van der Waals surface area contributed by atoms with Crippen molar-refractivity contribution in [2.75, 3.05) is 44.9 Å². The van der Waals surface area contributed by atoms with Crippen molar-refractivity contribution in [3.8, 4) is 22.6 Å². The number of aromatic nitrogens is 1. The number of non-ortho nitro benzene ring substituents is 1. The summed E-state index contributed by atoms with van der Waals surface area (Å²) in [4.78, 5) is 103. The highest BCUT2D eigenvalue weighted by atomic mass is 16.7. The first kappa shape index (κ1) is 84.3. The van der Waals surface area contributed by atoms with E-state index in [1.165, 1.54) is 56.9 Å². The van der Waals surface area contributed by atoms with Gasteiger partial charge < -0.3 is 66.5 Å². The Morgan fingerprint density at radius 1 is 0.650 bits per heavy atom. The number of unbranched alkanes of at least 4 members (excludes halogenated alkanes) is 9. The molecule has 1 heterocycles. The fourth-order valence-corrected chi connectivity index (χ4v) is 9.45. The fraction of sp³-hybridized carbons (Fsp3) is 0.397. The fourth-order valence-electron chi connectivity index (χ4n) is 9.45. The van der Waals surface area contributed by atoms with E-state index in [0.29, 0.717) is 77.2 Å². The molecule has 0 spiro atoms. The lowest BCUT2D eigenvalue weighted by molar-refractivity contribution is -0.384. The highest BCUT2D eigenvalue weighted by Gasteiger charge is 2.28. The van der Waals surface area contributed by atoms with Crippen molar-refractivity contribution < 1.29 is 71.6 Å². The molecule has 1 atom stereocenters. The minimum absolute atomic E-state index is 0.0116. The van der Waals surface area contributed by atoms with Crippen molar-refractivity contribution in [3.63, 3.8) is 0 Å². The number of amidine groups is 1. The van der Waals surface area contributed by atoms with Gasteiger partial charge in [-0.2, -0.15) is 0 Å². The lowest BCUT2D eigenvalue weighted by Crippen LogP contribution is -2.28. The molecule has 1 fully saturated rings. The maximum absolute atomic E-state index is 14.1. The quantitative estimate of drug-likeness (QED) is 0.00163. The number of hydrogen-bond donors (Lipinski definition) is 7. The van der Waals surface area contributed by atoms with Crippen LogP contribution in [0.5, 0.6) is 11.5 Å². The van der Waals surface area contributed by atoms with Crippen LogP contribution in [0.2, 0.25) is 0 Å². The van der Waals surface area contributed by atoms with E-state index in [0.717, 1.165) is 83.5 Å². The number of ketones is 1. The Morgan fingerprint density at radius 2 is 1.16 bits per heavy atom. The predicted molar refractivity (Wildman–Crippen MR) is 397 cm³/mol. The normalized spacial score (nSPS) is 11.4. The summed E-state index contributed by atoms with van der Waals surface area (Å²) in [6.07, 6.45) is 13.6. The SMILES string of the molecule is C=Cc1cc(C(=O)Cc2ccc(C(=N)CC(=O)OCCCCCC)cc2)c(-c2ccc(C(=O)NCC3CC3)nc2C(=O)OC(C)OC(=O)C(C)C)cc1OC.CCCCCCOC(=O)CC(=N)c1ccc(N)cc1.CCCCCCOC(=O)Oc1ccc([N+](=O)[O-])cc1.N=C(N)c1ccc(N)cc1. The number of nitrogen functional groups attached to an aromatic ring is 3. The molecule has 1 aromatic heterocycles. The van der Waals surface area contributed by atoms with Crippen molar-refractivity contribution in [3.05, 3.63) is 183 Å². The van der Waals surface area contributed by atoms with Gasteiger partial charge in [0.1, 0.15) is 23.0 Å². The number of ether oxygens (including phenoxy) is 7. The Hall–Kier alpha value is -11.1. The van der Waals surface area contributed by atoms with Gasteiger partial charge in [-0.05, 0) is 133 Å². The molecular weight excluding hydrogens is 1320 g/mol. The molecule has 6 aromatic rings. The summed E-state index contributed by atoms with van der Waals surface area (Å²) < 4.78 is 36.5. The first-order valence-electron chi connectivity index (χ1n) is 34.6. The number of benzene rings is 5. The number of rotatable bonds is 37. The molecule has 1 unspecified atom stereocenters. The Labute approximate surface area is 602 Å².